The van der Waals surface area contributed by atoms with Gasteiger partial charge in [0.2, 0.25) is 0 Å². The molecule has 0 unspecified atom stereocenters. The normalized spacial score (nSPS) is 17.1. The predicted molar refractivity (Wildman–Crippen MR) is 142 cm³/mol. The number of rotatable bonds is 4. The number of fused-ring (bicyclic) bond motifs is 3. The van der Waals surface area contributed by atoms with Crippen LogP contribution in [0.3, 0.4) is 0 Å². The van der Waals surface area contributed by atoms with Crippen LogP contribution in [-0.4, -0.2) is 37.6 Å². The fourth-order valence-corrected chi connectivity index (χ4v) is 4.65. The van der Waals surface area contributed by atoms with E-state index in [0.717, 1.165) is 11.0 Å². The van der Waals surface area contributed by atoms with E-state index < -0.39 is 24.4 Å². The molecule has 36 heavy (non-hydrogen) atoms. The molecule has 2 aliphatic rings. The molecule has 0 bridgehead atoms. The number of amides is 1. The maximum atomic E-state index is 12.4. The van der Waals surface area contributed by atoms with E-state index in [-0.39, 0.29) is 19.1 Å². The minimum atomic E-state index is -0.475. The van der Waals surface area contributed by atoms with Crippen molar-refractivity contribution in [2.45, 2.75) is 44.8 Å². The number of alkyl carbamates (subject to hydrolysis) is 1. The molecule has 1 fully saturated rings. The van der Waals surface area contributed by atoms with Crippen molar-refractivity contribution in [3.8, 4) is 23.0 Å². The van der Waals surface area contributed by atoms with Crippen LogP contribution in [0.1, 0.15) is 50.3 Å². The molecule has 3 aromatic rings. The Balaban J connectivity index is 1.16. The second kappa shape index (κ2) is 9.50. The summed E-state index contributed by atoms with van der Waals surface area (Å²) < 4.78 is 17.8. The smallest absolute Gasteiger partial charge is 0.449 e. The van der Waals surface area contributed by atoms with Gasteiger partial charge in [0.05, 0.1) is 17.7 Å². The fraction of sp³-hybridized carbons (Fsp3) is 0.300. The van der Waals surface area contributed by atoms with Crippen LogP contribution in [0.5, 0.6) is 0 Å². The zero-order chi connectivity index (χ0) is 25.3. The van der Waals surface area contributed by atoms with Gasteiger partial charge in [-0.15, -0.1) is 0 Å². The van der Waals surface area contributed by atoms with E-state index in [4.69, 9.17) is 14.0 Å². The molecule has 0 atom stereocenters. The average Bonchev–Trinajstić information content (AvgIpc) is 3.30. The van der Waals surface area contributed by atoms with Gasteiger partial charge in [-0.3, -0.25) is 0 Å². The van der Waals surface area contributed by atoms with E-state index in [9.17, 15) is 4.79 Å². The Labute approximate surface area is 213 Å². The van der Waals surface area contributed by atoms with Crippen molar-refractivity contribution in [3.63, 3.8) is 0 Å². The van der Waals surface area contributed by atoms with Gasteiger partial charge in [-0.1, -0.05) is 72.5 Å². The van der Waals surface area contributed by atoms with Gasteiger partial charge in [0, 0.05) is 11.5 Å². The van der Waals surface area contributed by atoms with Crippen molar-refractivity contribution in [3.05, 3.63) is 89.5 Å². The average molecular weight is 479 g/mol. The summed E-state index contributed by atoms with van der Waals surface area (Å²) in [7, 11) is -0.435. The van der Waals surface area contributed by atoms with E-state index >= 15 is 0 Å². The molecule has 1 heterocycles. The lowest BCUT2D eigenvalue weighted by Gasteiger charge is -2.32. The molecule has 1 aliphatic heterocycles. The Morgan fingerprint density at radius 1 is 0.917 bits per heavy atom. The Hall–Kier alpha value is -3.53. The summed E-state index contributed by atoms with van der Waals surface area (Å²) in [6, 6.07) is 24.4. The number of nitrogens with one attached hydrogen (secondary N) is 1. The second-order valence-corrected chi connectivity index (χ2v) is 10.2. The molecule has 0 radical (unpaired) electrons. The van der Waals surface area contributed by atoms with Crippen molar-refractivity contribution < 1.29 is 18.8 Å². The van der Waals surface area contributed by atoms with Crippen molar-refractivity contribution in [1.29, 1.82) is 0 Å². The lowest BCUT2D eigenvalue weighted by Crippen LogP contribution is -2.41. The molecule has 182 valence electrons. The molecular weight excluding hydrogens is 449 g/mol. The first-order valence-electron chi connectivity index (χ1n) is 12.3. The van der Waals surface area contributed by atoms with Gasteiger partial charge >= 0.3 is 13.2 Å². The maximum absolute atomic E-state index is 12.4. The molecule has 1 N–H and O–H groups in total. The highest BCUT2D eigenvalue weighted by Gasteiger charge is 2.51. The third-order valence-electron chi connectivity index (χ3n) is 7.31. The Bertz CT molecular complexity index is 1290. The summed E-state index contributed by atoms with van der Waals surface area (Å²) in [5.41, 5.74) is 5.74. The van der Waals surface area contributed by atoms with Gasteiger partial charge in [0.15, 0.2) is 0 Å². The van der Waals surface area contributed by atoms with E-state index in [0.29, 0.717) is 0 Å². The highest BCUT2D eigenvalue weighted by molar-refractivity contribution is 6.62. The summed E-state index contributed by atoms with van der Waals surface area (Å²) >= 11 is 0. The Kier molecular flexibility index (Phi) is 6.38. The largest absolute Gasteiger partial charge is 0.494 e. The highest BCUT2D eigenvalue weighted by Crippen LogP contribution is 2.44. The van der Waals surface area contributed by atoms with Crippen LogP contribution < -0.4 is 10.8 Å². The molecule has 3 aromatic carbocycles. The topological polar surface area (TPSA) is 56.8 Å². The molecule has 1 amide bonds. The maximum Gasteiger partial charge on any atom is 0.494 e. The summed E-state index contributed by atoms with van der Waals surface area (Å²) in [4.78, 5) is 12.4. The van der Waals surface area contributed by atoms with Crippen LogP contribution in [0.25, 0.3) is 11.1 Å². The zero-order valence-corrected chi connectivity index (χ0v) is 21.1. The van der Waals surface area contributed by atoms with E-state index in [1.54, 1.807) is 0 Å². The number of ether oxygens (including phenoxy) is 1. The lowest BCUT2D eigenvalue weighted by molar-refractivity contribution is 0.00578. The Morgan fingerprint density at radius 3 is 2.17 bits per heavy atom. The molecule has 6 heteroatoms. The quantitative estimate of drug-likeness (QED) is 0.428. The van der Waals surface area contributed by atoms with E-state index in [1.807, 2.05) is 76.2 Å². The molecular formula is C30H30BNO4. The summed E-state index contributed by atoms with van der Waals surface area (Å²) in [6.07, 6.45) is -0.475. The highest BCUT2D eigenvalue weighted by atomic mass is 16.7. The minimum absolute atomic E-state index is 0.0342. The van der Waals surface area contributed by atoms with Crippen LogP contribution in [0.2, 0.25) is 0 Å². The minimum Gasteiger partial charge on any atom is -0.449 e. The standard InChI is InChI=1S/C30H30BNO4/c1-29(2)30(3,4)36-31(35-29)22-13-9-11-21(19-22)12-10-18-32-28(33)34-20-27-25-16-7-5-14-23(25)24-15-6-8-17-26(24)27/h5-9,11,13-17,19,27H,18,20H2,1-4H3,(H,32,33). The first-order valence-corrected chi connectivity index (χ1v) is 12.3. The summed E-state index contributed by atoms with van der Waals surface area (Å²) in [5, 5.41) is 2.73. The fourth-order valence-electron chi connectivity index (χ4n) is 4.65. The molecule has 1 saturated heterocycles. The monoisotopic (exact) mass is 479 g/mol. The van der Waals surface area contributed by atoms with Crippen LogP contribution in [0.4, 0.5) is 4.79 Å². The SMILES string of the molecule is CC1(C)OB(c2cccc(C#CCNC(=O)OCC3c4ccccc4-c4ccccc43)c2)OC1(C)C. The number of hydrogen-bond donors (Lipinski definition) is 1. The lowest BCUT2D eigenvalue weighted by atomic mass is 9.78. The molecule has 5 rings (SSSR count). The van der Waals surface area contributed by atoms with Crippen LogP contribution in [0, 0.1) is 11.8 Å². The van der Waals surface area contributed by atoms with Gasteiger partial charge in [0.25, 0.3) is 0 Å². The van der Waals surface area contributed by atoms with Crippen molar-refractivity contribution >= 4 is 18.7 Å². The zero-order valence-electron chi connectivity index (χ0n) is 21.1. The predicted octanol–water partition coefficient (Wildman–Crippen LogP) is 4.88. The van der Waals surface area contributed by atoms with Crippen molar-refractivity contribution in [2.24, 2.45) is 0 Å². The van der Waals surface area contributed by atoms with E-state index in [2.05, 4.69) is 41.4 Å². The molecule has 0 aromatic heterocycles. The van der Waals surface area contributed by atoms with Crippen LogP contribution in [0.15, 0.2) is 72.8 Å². The van der Waals surface area contributed by atoms with Gasteiger partial charge in [-0.25, -0.2) is 4.79 Å². The van der Waals surface area contributed by atoms with Crippen molar-refractivity contribution in [1.82, 2.24) is 5.32 Å². The molecule has 5 nitrogen and oxygen atoms in total. The summed E-state index contributed by atoms with van der Waals surface area (Å²) in [6.45, 7) is 8.61. The number of carbonyl (C=O) groups is 1. The first-order chi connectivity index (χ1) is 17.2. The van der Waals surface area contributed by atoms with Crippen molar-refractivity contribution in [2.75, 3.05) is 13.2 Å². The summed E-state index contributed by atoms with van der Waals surface area (Å²) in [5.74, 6) is 6.13. The van der Waals surface area contributed by atoms with Crippen LogP contribution >= 0.6 is 0 Å². The van der Waals surface area contributed by atoms with Crippen LogP contribution in [-0.2, 0) is 14.0 Å². The first kappa shape index (κ1) is 24.2. The van der Waals surface area contributed by atoms with Gasteiger partial charge in [-0.05, 0) is 67.5 Å². The molecule has 0 saturated carbocycles. The molecule has 0 spiro atoms. The van der Waals surface area contributed by atoms with Gasteiger partial charge in [0.1, 0.15) is 6.61 Å². The number of carbonyl (C=O) groups excluding carboxylic acids is 1. The van der Waals surface area contributed by atoms with E-state index in [1.165, 1.54) is 22.3 Å². The second-order valence-electron chi connectivity index (χ2n) is 10.2. The molecule has 1 aliphatic carbocycles. The van der Waals surface area contributed by atoms with Gasteiger partial charge < -0.3 is 19.4 Å². The third kappa shape index (κ3) is 4.65. The number of benzene rings is 3. The number of hydrogen-bond acceptors (Lipinski definition) is 4. The Morgan fingerprint density at radius 2 is 1.53 bits per heavy atom. The van der Waals surface area contributed by atoms with Gasteiger partial charge in [-0.2, -0.15) is 0 Å². The third-order valence-corrected chi connectivity index (χ3v) is 7.31.